The van der Waals surface area contributed by atoms with Gasteiger partial charge in [0, 0.05) is 42.7 Å². The fourth-order valence-electron chi connectivity index (χ4n) is 6.91. The van der Waals surface area contributed by atoms with Crippen LogP contribution in [0.15, 0.2) is 121 Å². The van der Waals surface area contributed by atoms with Gasteiger partial charge in [0.05, 0.1) is 0 Å². The quantitative estimate of drug-likeness (QED) is 0.154. The standard InChI is InChI=1S/C17H11N3.C15H11N3.C7H7N3.CH4/c1-20-18-16-12-6-2-4-10-8-9-11-5-3-7-13(17(16)19-20)15(11)14(10)12;1-18-16-14-12-8-4-2-6-10(12)11-7-3-5-9-13(11)15(14)17-18;1-10-8-6-4-2-3-5-7(6)9-10;/h2-9H,1H3;2-9H,1H3;2-5H,1H3;1H4. The molecule has 238 valence electrons. The van der Waals surface area contributed by atoms with Crippen LogP contribution >= 0.6 is 0 Å². The second-order valence-corrected chi connectivity index (χ2v) is 11.9. The highest BCUT2D eigenvalue weighted by atomic mass is 15.5. The summed E-state index contributed by atoms with van der Waals surface area (Å²) in [6.45, 7) is 0. The number of hydrogen-bond acceptors (Lipinski definition) is 6. The summed E-state index contributed by atoms with van der Waals surface area (Å²) in [4.78, 5) is 4.88. The van der Waals surface area contributed by atoms with E-state index in [4.69, 9.17) is 0 Å². The molecule has 0 fully saturated rings. The Morgan fingerprint density at radius 3 is 1.08 bits per heavy atom. The summed E-state index contributed by atoms with van der Waals surface area (Å²) in [5, 5.41) is 38.7. The molecule has 0 saturated heterocycles. The van der Waals surface area contributed by atoms with Gasteiger partial charge in [-0.15, -0.1) is 0 Å². The zero-order valence-electron chi connectivity index (χ0n) is 26.6. The summed E-state index contributed by atoms with van der Waals surface area (Å²) < 4.78 is 0. The first kappa shape index (κ1) is 29.9. The minimum atomic E-state index is 0. The van der Waals surface area contributed by atoms with Gasteiger partial charge in [0.1, 0.15) is 33.1 Å². The molecule has 0 spiro atoms. The third-order valence-electron chi connectivity index (χ3n) is 8.86. The number of hydrogen-bond donors (Lipinski definition) is 0. The maximum atomic E-state index is 4.57. The summed E-state index contributed by atoms with van der Waals surface area (Å²) in [5.41, 5.74) is 5.84. The Balaban J connectivity index is 0.000000111. The van der Waals surface area contributed by atoms with Gasteiger partial charge in [-0.2, -0.15) is 45.0 Å². The van der Waals surface area contributed by atoms with Gasteiger partial charge in [-0.05, 0) is 44.5 Å². The first-order valence-corrected chi connectivity index (χ1v) is 15.8. The second kappa shape index (κ2) is 11.6. The molecule has 0 radical (unpaired) electrons. The summed E-state index contributed by atoms with van der Waals surface area (Å²) in [5.74, 6) is 0. The van der Waals surface area contributed by atoms with E-state index in [2.05, 4.69) is 116 Å². The molecule has 8 aromatic carbocycles. The maximum absolute atomic E-state index is 4.57. The number of nitrogens with zero attached hydrogens (tertiary/aromatic N) is 9. The van der Waals surface area contributed by atoms with Crippen LogP contribution in [-0.4, -0.2) is 45.0 Å². The van der Waals surface area contributed by atoms with Gasteiger partial charge in [0.15, 0.2) is 0 Å². The number of benzene rings is 8. The van der Waals surface area contributed by atoms with Crippen molar-refractivity contribution in [1.29, 1.82) is 0 Å². The van der Waals surface area contributed by atoms with Crippen LogP contribution in [0.1, 0.15) is 7.43 Å². The van der Waals surface area contributed by atoms with Gasteiger partial charge in [0.25, 0.3) is 0 Å². The lowest BCUT2D eigenvalue weighted by Crippen LogP contribution is -1.90. The molecule has 0 unspecified atom stereocenters. The fraction of sp³-hybridized carbons (Fsp3) is 0.100. The van der Waals surface area contributed by atoms with E-state index in [1.54, 1.807) is 14.4 Å². The molecule has 0 atom stereocenters. The lowest BCUT2D eigenvalue weighted by atomic mass is 9.93. The molecule has 0 aliphatic heterocycles. The van der Waals surface area contributed by atoms with Gasteiger partial charge in [-0.1, -0.05) is 117 Å². The minimum Gasteiger partial charge on any atom is -0.187 e. The Morgan fingerprint density at radius 1 is 0.327 bits per heavy atom. The van der Waals surface area contributed by atoms with Crippen LogP contribution in [0, 0.1) is 0 Å². The highest BCUT2D eigenvalue weighted by Gasteiger charge is 2.16. The smallest absolute Gasteiger partial charge is 0.121 e. The molecule has 11 rings (SSSR count). The van der Waals surface area contributed by atoms with Gasteiger partial charge in [-0.25, -0.2) is 0 Å². The summed E-state index contributed by atoms with van der Waals surface area (Å²) in [6.07, 6.45) is 0. The largest absolute Gasteiger partial charge is 0.187 e. The van der Waals surface area contributed by atoms with Crippen molar-refractivity contribution in [2.45, 2.75) is 7.43 Å². The van der Waals surface area contributed by atoms with Crippen LogP contribution in [0.25, 0.3) is 87.0 Å². The average molecular weight is 640 g/mol. The number of aryl methyl sites for hydroxylation is 3. The summed E-state index contributed by atoms with van der Waals surface area (Å²) in [6, 6.07) is 41.7. The lowest BCUT2D eigenvalue weighted by molar-refractivity contribution is 0.665. The van der Waals surface area contributed by atoms with Crippen molar-refractivity contribution in [3.63, 3.8) is 0 Å². The average Bonchev–Trinajstić information content (AvgIpc) is 3.83. The second-order valence-electron chi connectivity index (χ2n) is 11.9. The summed E-state index contributed by atoms with van der Waals surface area (Å²) >= 11 is 0. The zero-order valence-corrected chi connectivity index (χ0v) is 26.6. The van der Waals surface area contributed by atoms with E-state index >= 15 is 0 Å². The van der Waals surface area contributed by atoms with E-state index in [0.29, 0.717) is 0 Å². The highest BCUT2D eigenvalue weighted by molar-refractivity contribution is 6.32. The third-order valence-corrected chi connectivity index (χ3v) is 8.86. The normalized spacial score (nSPS) is 11.4. The molecule has 0 N–H and O–H groups in total. The van der Waals surface area contributed by atoms with Gasteiger partial charge >= 0.3 is 0 Å². The molecule has 0 saturated carbocycles. The van der Waals surface area contributed by atoms with E-state index in [1.807, 2.05) is 57.5 Å². The molecule has 0 aliphatic carbocycles. The van der Waals surface area contributed by atoms with Crippen molar-refractivity contribution in [2.24, 2.45) is 21.1 Å². The van der Waals surface area contributed by atoms with Crippen LogP contribution in [0.3, 0.4) is 0 Å². The Morgan fingerprint density at radius 2 is 0.653 bits per heavy atom. The molecule has 49 heavy (non-hydrogen) atoms. The monoisotopic (exact) mass is 639 g/mol. The SMILES string of the molecule is C.Cn1nc2c3cccc4ccc5cccc(c2n1)c5c43.Cn1nc2c3ccccc3c3ccccc3c2n1.Cn1nc2ccccc2n1. The van der Waals surface area contributed by atoms with Crippen LogP contribution in [0.2, 0.25) is 0 Å². The first-order valence-electron chi connectivity index (χ1n) is 15.8. The van der Waals surface area contributed by atoms with Crippen LogP contribution in [-0.2, 0) is 21.1 Å². The number of rotatable bonds is 0. The van der Waals surface area contributed by atoms with Crippen LogP contribution in [0.5, 0.6) is 0 Å². The summed E-state index contributed by atoms with van der Waals surface area (Å²) in [7, 11) is 5.56. The lowest BCUT2D eigenvalue weighted by Gasteiger charge is -2.10. The first-order chi connectivity index (χ1) is 23.5. The number of aromatic nitrogens is 9. The van der Waals surface area contributed by atoms with E-state index < -0.39 is 0 Å². The molecule has 0 aliphatic rings. The van der Waals surface area contributed by atoms with Crippen molar-refractivity contribution < 1.29 is 0 Å². The molecular weight excluding hydrogens is 607 g/mol. The van der Waals surface area contributed by atoms with Crippen LogP contribution < -0.4 is 0 Å². The van der Waals surface area contributed by atoms with Crippen molar-refractivity contribution in [3.8, 4) is 0 Å². The molecular formula is C40H33N9. The Kier molecular flexibility index (Phi) is 7.10. The van der Waals surface area contributed by atoms with Crippen molar-refractivity contribution in [2.75, 3.05) is 0 Å². The van der Waals surface area contributed by atoms with E-state index in [9.17, 15) is 0 Å². The van der Waals surface area contributed by atoms with Gasteiger partial charge < -0.3 is 0 Å². The van der Waals surface area contributed by atoms with Crippen molar-refractivity contribution >= 4 is 87.0 Å². The predicted octanol–water partition coefficient (Wildman–Crippen LogP) is 8.74. The highest BCUT2D eigenvalue weighted by Crippen LogP contribution is 2.39. The van der Waals surface area contributed by atoms with Crippen molar-refractivity contribution in [1.82, 2.24) is 45.0 Å². The molecule has 11 aromatic rings. The Labute approximate surface area is 281 Å². The minimum absolute atomic E-state index is 0. The van der Waals surface area contributed by atoms with E-state index in [0.717, 1.165) is 33.1 Å². The maximum Gasteiger partial charge on any atom is 0.121 e. The topological polar surface area (TPSA) is 92.1 Å². The molecule has 0 amide bonds. The van der Waals surface area contributed by atoms with Crippen LogP contribution in [0.4, 0.5) is 0 Å². The molecule has 0 bridgehead atoms. The predicted molar refractivity (Wildman–Crippen MR) is 201 cm³/mol. The number of fused-ring (bicyclic) bond motifs is 10. The Hall–Kier alpha value is -6.48. The fourth-order valence-corrected chi connectivity index (χ4v) is 6.91. The van der Waals surface area contributed by atoms with Crippen molar-refractivity contribution in [3.05, 3.63) is 121 Å². The zero-order chi connectivity index (χ0) is 32.4. The third kappa shape index (κ3) is 4.86. The molecule has 9 nitrogen and oxygen atoms in total. The molecule has 3 aromatic heterocycles. The van der Waals surface area contributed by atoms with E-state index in [1.165, 1.54) is 53.9 Å². The molecule has 9 heteroatoms. The van der Waals surface area contributed by atoms with Gasteiger partial charge in [0.2, 0.25) is 0 Å². The molecule has 3 heterocycles. The Bertz CT molecular complexity index is 2760. The van der Waals surface area contributed by atoms with Gasteiger partial charge in [-0.3, -0.25) is 0 Å². The van der Waals surface area contributed by atoms with E-state index in [-0.39, 0.29) is 7.43 Å².